The first-order valence-electron chi connectivity index (χ1n) is 19.8. The van der Waals surface area contributed by atoms with Crippen molar-refractivity contribution in [3.8, 4) is 22.3 Å². The summed E-state index contributed by atoms with van der Waals surface area (Å²) in [6.45, 7) is 3.76. The van der Waals surface area contributed by atoms with E-state index in [4.69, 9.17) is 0 Å². The van der Waals surface area contributed by atoms with Crippen LogP contribution in [0.15, 0.2) is 182 Å². The van der Waals surface area contributed by atoms with E-state index in [1.54, 1.807) is 21.9 Å². The predicted octanol–water partition coefficient (Wildman–Crippen LogP) is 16.0. The molecular formula is C54H36F4N2. The molecule has 0 atom stereocenters. The molecule has 0 aliphatic heterocycles. The number of benzene rings is 10. The van der Waals surface area contributed by atoms with E-state index in [-0.39, 0.29) is 22.5 Å². The van der Waals surface area contributed by atoms with Crippen LogP contribution in [-0.4, -0.2) is 0 Å². The molecule has 0 amide bonds. The summed E-state index contributed by atoms with van der Waals surface area (Å²) in [6, 6.07) is 54.5. The second-order valence-corrected chi connectivity index (χ2v) is 15.1. The highest BCUT2D eigenvalue weighted by Crippen LogP contribution is 2.49. The Kier molecular flexibility index (Phi) is 9.06. The Balaban J connectivity index is 1.19. The van der Waals surface area contributed by atoms with E-state index in [1.165, 1.54) is 24.3 Å². The van der Waals surface area contributed by atoms with Gasteiger partial charge < -0.3 is 9.80 Å². The van der Waals surface area contributed by atoms with Crippen LogP contribution >= 0.6 is 0 Å². The van der Waals surface area contributed by atoms with Gasteiger partial charge in [0.05, 0.1) is 22.7 Å². The van der Waals surface area contributed by atoms with Crippen LogP contribution in [0.2, 0.25) is 0 Å². The molecule has 6 heteroatoms. The Hall–Kier alpha value is -7.44. The van der Waals surface area contributed by atoms with Crippen molar-refractivity contribution < 1.29 is 17.6 Å². The summed E-state index contributed by atoms with van der Waals surface area (Å²) >= 11 is 0. The SMILES string of the molecule is Cc1ccccc1-c1cc(F)c(N(c2ccccc2)c2ccc3ccc4c(N(c5ccccc5)c5cc(F)c(-c6ccccc6C)cc5F)ccc5ccc2c3c54)cc1F. The molecule has 10 aromatic carbocycles. The van der Waals surface area contributed by atoms with Gasteiger partial charge in [0.1, 0.15) is 23.3 Å². The molecule has 0 aliphatic rings. The number of anilines is 6. The first-order chi connectivity index (χ1) is 29.3. The van der Waals surface area contributed by atoms with Gasteiger partial charge in [-0.3, -0.25) is 0 Å². The molecule has 0 aromatic heterocycles. The molecule has 0 saturated heterocycles. The van der Waals surface area contributed by atoms with Crippen LogP contribution in [0.4, 0.5) is 51.7 Å². The Morgan fingerprint density at radius 2 is 0.683 bits per heavy atom. The summed E-state index contributed by atoms with van der Waals surface area (Å²) in [7, 11) is 0. The Labute approximate surface area is 345 Å². The zero-order valence-electron chi connectivity index (χ0n) is 32.7. The third-order valence-electron chi connectivity index (χ3n) is 11.6. The molecule has 0 saturated carbocycles. The molecule has 0 unspecified atom stereocenters. The maximum absolute atomic E-state index is 16.7. The average Bonchev–Trinajstić information content (AvgIpc) is 3.27. The lowest BCUT2D eigenvalue weighted by molar-refractivity contribution is 0.604. The number of nitrogens with zero attached hydrogens (tertiary/aromatic N) is 2. The number of halogens is 4. The smallest absolute Gasteiger partial charge is 0.148 e. The van der Waals surface area contributed by atoms with Gasteiger partial charge in [0.25, 0.3) is 0 Å². The fourth-order valence-corrected chi connectivity index (χ4v) is 8.71. The maximum Gasteiger partial charge on any atom is 0.148 e. The van der Waals surface area contributed by atoms with Crippen LogP contribution in [0.3, 0.4) is 0 Å². The van der Waals surface area contributed by atoms with Crippen LogP contribution in [0.5, 0.6) is 0 Å². The monoisotopic (exact) mass is 788 g/mol. The highest BCUT2D eigenvalue weighted by Gasteiger charge is 2.26. The van der Waals surface area contributed by atoms with Crippen molar-refractivity contribution in [1.29, 1.82) is 0 Å². The van der Waals surface area contributed by atoms with E-state index in [1.807, 2.05) is 159 Å². The largest absolute Gasteiger partial charge is 0.307 e. The van der Waals surface area contributed by atoms with Crippen molar-refractivity contribution in [3.63, 3.8) is 0 Å². The van der Waals surface area contributed by atoms with E-state index in [9.17, 15) is 0 Å². The Bertz CT molecular complexity index is 3020. The first-order valence-corrected chi connectivity index (χ1v) is 19.8. The fourth-order valence-electron chi connectivity index (χ4n) is 8.71. The zero-order chi connectivity index (χ0) is 41.1. The van der Waals surface area contributed by atoms with E-state index >= 15 is 17.6 Å². The van der Waals surface area contributed by atoms with Gasteiger partial charge in [0, 0.05) is 45.4 Å². The highest BCUT2D eigenvalue weighted by molar-refractivity contribution is 6.28. The maximum atomic E-state index is 16.7. The Morgan fingerprint density at radius 1 is 0.317 bits per heavy atom. The van der Waals surface area contributed by atoms with Gasteiger partial charge in [-0.2, -0.15) is 0 Å². The first kappa shape index (κ1) is 36.9. The quantitative estimate of drug-likeness (QED) is 0.112. The van der Waals surface area contributed by atoms with Crippen LogP contribution in [0.1, 0.15) is 11.1 Å². The lowest BCUT2D eigenvalue weighted by Crippen LogP contribution is -2.14. The van der Waals surface area contributed by atoms with E-state index in [2.05, 4.69) is 0 Å². The van der Waals surface area contributed by atoms with Crippen molar-refractivity contribution in [2.24, 2.45) is 0 Å². The van der Waals surface area contributed by atoms with Crippen molar-refractivity contribution in [3.05, 3.63) is 216 Å². The molecule has 60 heavy (non-hydrogen) atoms. The molecule has 0 heterocycles. The van der Waals surface area contributed by atoms with Crippen LogP contribution < -0.4 is 9.80 Å². The van der Waals surface area contributed by atoms with Gasteiger partial charge in [0.15, 0.2) is 0 Å². The topological polar surface area (TPSA) is 6.48 Å². The molecular weight excluding hydrogens is 753 g/mol. The molecule has 10 rings (SSSR count). The third-order valence-corrected chi connectivity index (χ3v) is 11.6. The summed E-state index contributed by atoms with van der Waals surface area (Å²) in [6.07, 6.45) is 0. The van der Waals surface area contributed by atoms with Crippen LogP contribution in [0, 0.1) is 37.1 Å². The molecule has 0 N–H and O–H groups in total. The second kappa shape index (κ2) is 14.7. The normalized spacial score (nSPS) is 11.5. The summed E-state index contributed by atoms with van der Waals surface area (Å²) < 4.78 is 65.8. The van der Waals surface area contributed by atoms with Crippen molar-refractivity contribution in [2.75, 3.05) is 9.80 Å². The number of hydrogen-bond acceptors (Lipinski definition) is 2. The van der Waals surface area contributed by atoms with Gasteiger partial charge in [-0.15, -0.1) is 0 Å². The molecule has 0 spiro atoms. The molecule has 0 aliphatic carbocycles. The minimum absolute atomic E-state index is 0.0636. The Morgan fingerprint density at radius 3 is 1.08 bits per heavy atom. The van der Waals surface area contributed by atoms with Crippen molar-refractivity contribution >= 4 is 66.4 Å². The second-order valence-electron chi connectivity index (χ2n) is 15.1. The summed E-state index contributed by atoms with van der Waals surface area (Å²) in [4.78, 5) is 3.52. The summed E-state index contributed by atoms with van der Waals surface area (Å²) in [5.74, 6) is -2.23. The van der Waals surface area contributed by atoms with Crippen LogP contribution in [0.25, 0.3) is 54.6 Å². The van der Waals surface area contributed by atoms with Gasteiger partial charge in [0.2, 0.25) is 0 Å². The zero-order valence-corrected chi connectivity index (χ0v) is 32.7. The minimum Gasteiger partial charge on any atom is -0.307 e. The molecule has 10 aromatic rings. The number of aryl methyl sites for hydroxylation is 2. The van der Waals surface area contributed by atoms with E-state index in [0.717, 1.165) is 43.4 Å². The summed E-state index contributed by atoms with van der Waals surface area (Å²) in [5.41, 5.74) is 6.03. The third kappa shape index (κ3) is 6.11. The van der Waals surface area contributed by atoms with E-state index in [0.29, 0.717) is 33.9 Å². The van der Waals surface area contributed by atoms with Gasteiger partial charge in [-0.05, 0) is 106 Å². The molecule has 0 fully saturated rings. The molecule has 2 nitrogen and oxygen atoms in total. The van der Waals surface area contributed by atoms with Crippen molar-refractivity contribution in [1.82, 2.24) is 0 Å². The fraction of sp³-hybridized carbons (Fsp3) is 0.0370. The lowest BCUT2D eigenvalue weighted by atomic mass is 9.91. The standard InChI is InChI=1S/C54H36F4N2/c1-33-13-9-11-19-39(33)43-29-47(57)51(31-45(43)55)59(37-15-5-3-6-16-37)49-27-23-35-22-26-42-50(28-24-36-21-25-41(49)53(35)54(36)42)60(38-17-7-4-8-18-38)52-32-46(56)44(30-48(52)58)40-20-12-10-14-34(40)2/h3-32H,1-2H3. The number of para-hydroxylation sites is 2. The summed E-state index contributed by atoms with van der Waals surface area (Å²) in [5, 5.41) is 5.28. The minimum atomic E-state index is -0.576. The van der Waals surface area contributed by atoms with Crippen LogP contribution in [-0.2, 0) is 0 Å². The highest BCUT2D eigenvalue weighted by atomic mass is 19.1. The molecule has 290 valence electrons. The van der Waals surface area contributed by atoms with Gasteiger partial charge in [-0.1, -0.05) is 121 Å². The number of rotatable bonds is 8. The van der Waals surface area contributed by atoms with E-state index < -0.39 is 23.3 Å². The predicted molar refractivity (Wildman–Crippen MR) is 240 cm³/mol. The van der Waals surface area contributed by atoms with Gasteiger partial charge in [-0.25, -0.2) is 17.6 Å². The lowest BCUT2D eigenvalue weighted by Gasteiger charge is -2.30. The van der Waals surface area contributed by atoms with Gasteiger partial charge >= 0.3 is 0 Å². The molecule has 0 radical (unpaired) electrons. The number of hydrogen-bond donors (Lipinski definition) is 0. The average molecular weight is 789 g/mol. The molecule has 0 bridgehead atoms. The van der Waals surface area contributed by atoms with Crippen molar-refractivity contribution in [2.45, 2.75) is 13.8 Å².